The summed E-state index contributed by atoms with van der Waals surface area (Å²) < 4.78 is 18.9. The quantitative estimate of drug-likeness (QED) is 0.874. The van der Waals surface area contributed by atoms with Crippen molar-refractivity contribution in [1.82, 2.24) is 0 Å². The van der Waals surface area contributed by atoms with E-state index in [0.29, 0.717) is 15.8 Å². The minimum atomic E-state index is -0.403. The lowest BCUT2D eigenvalue weighted by atomic mass is 10.2. The van der Waals surface area contributed by atoms with Crippen molar-refractivity contribution in [2.24, 2.45) is 0 Å². The van der Waals surface area contributed by atoms with E-state index in [0.717, 1.165) is 0 Å². The van der Waals surface area contributed by atoms with E-state index in [1.807, 2.05) is 13.8 Å². The number of hydrogen-bond acceptors (Lipinski definition) is 3. The van der Waals surface area contributed by atoms with Gasteiger partial charge in [-0.15, -0.1) is 0 Å². The predicted molar refractivity (Wildman–Crippen MR) is 79.5 cm³/mol. The van der Waals surface area contributed by atoms with Crippen molar-refractivity contribution in [2.75, 3.05) is 10.6 Å². The number of carbonyl (C=O) groups is 1. The van der Waals surface area contributed by atoms with Crippen LogP contribution in [-0.2, 0) is 0 Å². The molecule has 1 aromatic carbocycles. The number of nitrogens with one attached hydrogen (secondary N) is 2. The van der Waals surface area contributed by atoms with Gasteiger partial charge in [0, 0.05) is 6.04 Å². The maximum atomic E-state index is 13.3. The van der Waals surface area contributed by atoms with Crippen LogP contribution < -0.4 is 10.6 Å². The normalized spacial score (nSPS) is 10.7. The number of anilines is 2. The lowest BCUT2D eigenvalue weighted by Crippen LogP contribution is -2.16. The number of furan rings is 1. The first-order valence-electron chi connectivity index (χ1n) is 6.08. The summed E-state index contributed by atoms with van der Waals surface area (Å²) in [5.41, 5.74) is 1.02. The Bertz CT molecular complexity index is 625. The van der Waals surface area contributed by atoms with Gasteiger partial charge in [0.2, 0.25) is 5.76 Å². The second kappa shape index (κ2) is 6.09. The van der Waals surface area contributed by atoms with Crippen molar-refractivity contribution >= 4 is 33.2 Å². The first-order chi connectivity index (χ1) is 9.47. The van der Waals surface area contributed by atoms with Crippen LogP contribution in [-0.4, -0.2) is 11.9 Å². The Hall–Kier alpha value is -1.82. The van der Waals surface area contributed by atoms with Gasteiger partial charge < -0.3 is 15.1 Å². The molecular formula is C14H14BrFN2O2. The van der Waals surface area contributed by atoms with E-state index in [1.165, 1.54) is 24.5 Å². The van der Waals surface area contributed by atoms with Gasteiger partial charge in [0.05, 0.1) is 22.1 Å². The van der Waals surface area contributed by atoms with Crippen LogP contribution in [0.1, 0.15) is 24.4 Å². The molecule has 6 heteroatoms. The van der Waals surface area contributed by atoms with Crippen molar-refractivity contribution in [3.05, 3.63) is 46.6 Å². The largest absolute Gasteiger partial charge is 0.458 e. The molecule has 1 amide bonds. The summed E-state index contributed by atoms with van der Waals surface area (Å²) in [6.45, 7) is 3.86. The molecule has 0 aliphatic heterocycles. The van der Waals surface area contributed by atoms with E-state index < -0.39 is 5.91 Å². The van der Waals surface area contributed by atoms with Crippen LogP contribution in [0.3, 0.4) is 0 Å². The van der Waals surface area contributed by atoms with Crippen molar-refractivity contribution in [1.29, 1.82) is 0 Å². The number of rotatable bonds is 4. The SMILES string of the molecule is CC(C)Nc1cc(F)ccc1NC(=O)c1occc1Br. The van der Waals surface area contributed by atoms with E-state index in [9.17, 15) is 9.18 Å². The molecule has 4 nitrogen and oxygen atoms in total. The van der Waals surface area contributed by atoms with Crippen LogP contribution in [0.4, 0.5) is 15.8 Å². The molecule has 20 heavy (non-hydrogen) atoms. The maximum absolute atomic E-state index is 13.3. The standard InChI is InChI=1S/C14H14BrFN2O2/c1-8(2)17-12-7-9(16)3-4-11(12)18-14(19)13-10(15)5-6-20-13/h3-8,17H,1-2H3,(H,18,19). The molecule has 106 valence electrons. The highest BCUT2D eigenvalue weighted by atomic mass is 79.9. The number of halogens is 2. The van der Waals surface area contributed by atoms with E-state index in [4.69, 9.17) is 4.42 Å². The topological polar surface area (TPSA) is 54.3 Å². The van der Waals surface area contributed by atoms with Crippen LogP contribution in [0.5, 0.6) is 0 Å². The molecule has 0 unspecified atom stereocenters. The highest BCUT2D eigenvalue weighted by Crippen LogP contribution is 2.25. The van der Waals surface area contributed by atoms with Crippen LogP contribution in [0.15, 0.2) is 39.4 Å². The van der Waals surface area contributed by atoms with Crippen molar-refractivity contribution < 1.29 is 13.6 Å². The molecular weight excluding hydrogens is 327 g/mol. The Morgan fingerprint density at radius 2 is 2.05 bits per heavy atom. The Labute approximate surface area is 124 Å². The zero-order chi connectivity index (χ0) is 14.7. The van der Waals surface area contributed by atoms with Gasteiger partial charge in [-0.25, -0.2) is 4.39 Å². The Balaban J connectivity index is 2.25. The number of benzene rings is 1. The summed E-state index contributed by atoms with van der Waals surface area (Å²) >= 11 is 3.22. The summed E-state index contributed by atoms with van der Waals surface area (Å²) in [7, 11) is 0. The lowest BCUT2D eigenvalue weighted by Gasteiger charge is -2.15. The third-order valence-electron chi connectivity index (χ3n) is 2.50. The van der Waals surface area contributed by atoms with Crippen LogP contribution in [0.25, 0.3) is 0 Å². The molecule has 0 saturated heterocycles. The van der Waals surface area contributed by atoms with Crippen molar-refractivity contribution in [3.63, 3.8) is 0 Å². The fourth-order valence-corrected chi connectivity index (χ4v) is 2.07. The average Bonchev–Trinajstić information content (AvgIpc) is 2.78. The van der Waals surface area contributed by atoms with Gasteiger partial charge in [-0.1, -0.05) is 0 Å². The fraction of sp³-hybridized carbons (Fsp3) is 0.214. The summed E-state index contributed by atoms with van der Waals surface area (Å²) in [5, 5.41) is 5.78. The van der Waals surface area contributed by atoms with Gasteiger partial charge in [0.15, 0.2) is 0 Å². The molecule has 0 aliphatic carbocycles. The predicted octanol–water partition coefficient (Wildman–Crippen LogP) is 4.25. The first kappa shape index (κ1) is 14.6. The van der Waals surface area contributed by atoms with E-state index in [2.05, 4.69) is 26.6 Å². The van der Waals surface area contributed by atoms with Gasteiger partial charge in [-0.3, -0.25) is 4.79 Å². The molecule has 0 fully saturated rings. The van der Waals surface area contributed by atoms with Gasteiger partial charge in [0.1, 0.15) is 5.82 Å². The Morgan fingerprint density at radius 1 is 1.30 bits per heavy atom. The zero-order valence-corrected chi connectivity index (χ0v) is 12.6. The number of carbonyl (C=O) groups excluding carboxylic acids is 1. The highest BCUT2D eigenvalue weighted by Gasteiger charge is 2.16. The van der Waals surface area contributed by atoms with Gasteiger partial charge in [-0.2, -0.15) is 0 Å². The monoisotopic (exact) mass is 340 g/mol. The summed E-state index contributed by atoms with van der Waals surface area (Å²) in [6.07, 6.45) is 1.41. The van der Waals surface area contributed by atoms with Crippen molar-refractivity contribution in [2.45, 2.75) is 19.9 Å². The van der Waals surface area contributed by atoms with Crippen molar-refractivity contribution in [3.8, 4) is 0 Å². The third kappa shape index (κ3) is 3.39. The minimum Gasteiger partial charge on any atom is -0.458 e. The van der Waals surface area contributed by atoms with Gasteiger partial charge in [0.25, 0.3) is 5.91 Å². The summed E-state index contributed by atoms with van der Waals surface area (Å²) in [5.74, 6) is -0.601. The van der Waals surface area contributed by atoms with E-state index in [-0.39, 0.29) is 17.6 Å². The Kier molecular flexibility index (Phi) is 4.44. The van der Waals surface area contributed by atoms with Crippen LogP contribution in [0.2, 0.25) is 0 Å². The lowest BCUT2D eigenvalue weighted by molar-refractivity contribution is 0.0995. The first-order valence-corrected chi connectivity index (χ1v) is 6.87. The van der Waals surface area contributed by atoms with Crippen LogP contribution >= 0.6 is 15.9 Å². The molecule has 0 atom stereocenters. The fourth-order valence-electron chi connectivity index (χ4n) is 1.69. The maximum Gasteiger partial charge on any atom is 0.292 e. The van der Waals surface area contributed by atoms with E-state index in [1.54, 1.807) is 6.07 Å². The molecule has 0 bridgehead atoms. The van der Waals surface area contributed by atoms with E-state index >= 15 is 0 Å². The molecule has 1 heterocycles. The molecule has 0 radical (unpaired) electrons. The van der Waals surface area contributed by atoms with Crippen LogP contribution in [0, 0.1) is 5.82 Å². The molecule has 0 spiro atoms. The van der Waals surface area contributed by atoms with Gasteiger partial charge >= 0.3 is 0 Å². The number of hydrogen-bond donors (Lipinski definition) is 2. The smallest absolute Gasteiger partial charge is 0.292 e. The second-order valence-corrected chi connectivity index (χ2v) is 5.40. The summed E-state index contributed by atoms with van der Waals surface area (Å²) in [4.78, 5) is 12.1. The number of amides is 1. The minimum absolute atomic E-state index is 0.114. The zero-order valence-electron chi connectivity index (χ0n) is 11.0. The Morgan fingerprint density at radius 3 is 2.65 bits per heavy atom. The molecule has 0 saturated carbocycles. The highest BCUT2D eigenvalue weighted by molar-refractivity contribution is 9.10. The second-order valence-electron chi connectivity index (χ2n) is 4.54. The molecule has 1 aromatic heterocycles. The average molecular weight is 341 g/mol. The summed E-state index contributed by atoms with van der Waals surface area (Å²) in [6, 6.07) is 5.88. The molecule has 0 aliphatic rings. The van der Waals surface area contributed by atoms with Gasteiger partial charge in [-0.05, 0) is 54.0 Å². The molecule has 2 rings (SSSR count). The third-order valence-corrected chi connectivity index (χ3v) is 3.12. The molecule has 2 aromatic rings. The molecule has 2 N–H and O–H groups in total.